The van der Waals surface area contributed by atoms with Gasteiger partial charge < -0.3 is 9.84 Å². The van der Waals surface area contributed by atoms with E-state index in [-0.39, 0.29) is 17.5 Å². The van der Waals surface area contributed by atoms with E-state index < -0.39 is 0 Å². The quantitative estimate of drug-likeness (QED) is 0.703. The number of halogens is 2. The van der Waals surface area contributed by atoms with Crippen molar-refractivity contribution in [3.8, 4) is 0 Å². The number of hydrogen-bond donors (Lipinski definition) is 1. The minimum atomic E-state index is -0.347. The van der Waals surface area contributed by atoms with Gasteiger partial charge in [-0.1, -0.05) is 48.3 Å². The lowest BCUT2D eigenvalue weighted by atomic mass is 10.1. The zero-order chi connectivity index (χ0) is 18.0. The third kappa shape index (κ3) is 4.21. The molecule has 3 aromatic rings. The van der Waals surface area contributed by atoms with Crippen LogP contribution in [0.3, 0.4) is 0 Å². The molecule has 8 heteroatoms. The summed E-state index contributed by atoms with van der Waals surface area (Å²) in [4.78, 5) is 12.2. The van der Waals surface area contributed by atoms with Crippen molar-refractivity contribution in [3.05, 3.63) is 63.7 Å². The van der Waals surface area contributed by atoms with Crippen molar-refractivity contribution in [1.82, 2.24) is 14.9 Å². The first kappa shape index (κ1) is 17.5. The van der Waals surface area contributed by atoms with E-state index >= 15 is 0 Å². The summed E-state index contributed by atoms with van der Waals surface area (Å²) in [6, 6.07) is 6.93. The summed E-state index contributed by atoms with van der Waals surface area (Å²) in [7, 11) is 0. The molecule has 1 aromatic carbocycles. The standard InChI is InChI=1S/C17H16Cl2N4O2/c1-10(2)16-6-15(22-25-16)17(24)21-13-7-20-23(9-13)8-11-3-4-12(18)5-14(11)19/h3-7,9-10H,8H2,1-2H3,(H,21,24). The second-order valence-electron chi connectivity index (χ2n) is 5.89. The molecule has 1 N–H and O–H groups in total. The molecule has 0 aliphatic rings. The fraction of sp³-hybridized carbons (Fsp3) is 0.235. The van der Waals surface area contributed by atoms with Gasteiger partial charge in [0.2, 0.25) is 0 Å². The lowest BCUT2D eigenvalue weighted by Gasteiger charge is -2.05. The van der Waals surface area contributed by atoms with Gasteiger partial charge in [0, 0.05) is 28.2 Å². The monoisotopic (exact) mass is 378 g/mol. The summed E-state index contributed by atoms with van der Waals surface area (Å²) in [6.07, 6.45) is 3.28. The van der Waals surface area contributed by atoms with Gasteiger partial charge >= 0.3 is 0 Å². The third-order valence-electron chi connectivity index (χ3n) is 3.57. The molecule has 0 saturated heterocycles. The van der Waals surface area contributed by atoms with Crippen LogP contribution in [-0.4, -0.2) is 20.8 Å². The fourth-order valence-electron chi connectivity index (χ4n) is 2.20. The van der Waals surface area contributed by atoms with E-state index in [9.17, 15) is 4.79 Å². The molecular weight excluding hydrogens is 363 g/mol. The molecule has 0 unspecified atom stereocenters. The average molecular weight is 379 g/mol. The van der Waals surface area contributed by atoms with Crippen LogP contribution in [-0.2, 0) is 6.54 Å². The maximum Gasteiger partial charge on any atom is 0.277 e. The first-order valence-electron chi connectivity index (χ1n) is 7.66. The summed E-state index contributed by atoms with van der Waals surface area (Å²) < 4.78 is 6.81. The molecule has 3 rings (SSSR count). The van der Waals surface area contributed by atoms with Crippen LogP contribution in [0, 0.1) is 0 Å². The molecule has 0 atom stereocenters. The molecule has 0 saturated carbocycles. The van der Waals surface area contributed by atoms with E-state index in [1.807, 2.05) is 19.9 Å². The van der Waals surface area contributed by atoms with Gasteiger partial charge in [-0.15, -0.1) is 0 Å². The van der Waals surface area contributed by atoms with Crippen LogP contribution in [0.4, 0.5) is 5.69 Å². The van der Waals surface area contributed by atoms with Gasteiger partial charge in [-0.3, -0.25) is 9.48 Å². The van der Waals surface area contributed by atoms with Crippen LogP contribution in [0.15, 0.2) is 41.2 Å². The van der Waals surface area contributed by atoms with E-state index in [1.54, 1.807) is 35.3 Å². The van der Waals surface area contributed by atoms with Crippen LogP contribution < -0.4 is 5.32 Å². The minimum Gasteiger partial charge on any atom is -0.360 e. The van der Waals surface area contributed by atoms with Crippen LogP contribution in [0.2, 0.25) is 10.0 Å². The van der Waals surface area contributed by atoms with Gasteiger partial charge in [0.25, 0.3) is 5.91 Å². The Morgan fingerprint density at radius 1 is 1.32 bits per heavy atom. The lowest BCUT2D eigenvalue weighted by molar-refractivity contribution is 0.101. The maximum atomic E-state index is 12.2. The van der Waals surface area contributed by atoms with Crippen molar-refractivity contribution in [2.75, 3.05) is 5.32 Å². The Morgan fingerprint density at radius 2 is 2.12 bits per heavy atom. The Hall–Kier alpha value is -2.31. The van der Waals surface area contributed by atoms with Crippen LogP contribution in [0.1, 0.15) is 41.6 Å². The van der Waals surface area contributed by atoms with E-state index in [2.05, 4.69) is 15.6 Å². The Labute approximate surface area is 154 Å². The van der Waals surface area contributed by atoms with Gasteiger partial charge in [-0.2, -0.15) is 5.10 Å². The second kappa shape index (κ2) is 7.29. The van der Waals surface area contributed by atoms with Crippen LogP contribution in [0.5, 0.6) is 0 Å². The Morgan fingerprint density at radius 3 is 2.80 bits per heavy atom. The number of nitrogens with one attached hydrogen (secondary N) is 1. The van der Waals surface area contributed by atoms with E-state index in [0.29, 0.717) is 28.0 Å². The molecule has 2 heterocycles. The molecule has 0 aliphatic carbocycles. The number of anilines is 1. The number of benzene rings is 1. The molecule has 0 bridgehead atoms. The van der Waals surface area contributed by atoms with Gasteiger partial charge in [0.1, 0.15) is 5.76 Å². The molecule has 1 amide bonds. The molecule has 0 fully saturated rings. The highest BCUT2D eigenvalue weighted by Crippen LogP contribution is 2.22. The summed E-state index contributed by atoms with van der Waals surface area (Å²) in [6.45, 7) is 4.40. The molecule has 0 aliphatic heterocycles. The number of nitrogens with zero attached hydrogens (tertiary/aromatic N) is 3. The molecular formula is C17H16Cl2N4O2. The van der Waals surface area contributed by atoms with Crippen molar-refractivity contribution in [2.45, 2.75) is 26.3 Å². The van der Waals surface area contributed by atoms with Crippen LogP contribution >= 0.6 is 23.2 Å². The predicted octanol–water partition coefficient (Wildman–Crippen LogP) is 4.60. The van der Waals surface area contributed by atoms with Crippen molar-refractivity contribution in [3.63, 3.8) is 0 Å². The Balaban J connectivity index is 1.67. The van der Waals surface area contributed by atoms with Gasteiger partial charge in [-0.25, -0.2) is 0 Å². The Bertz CT molecular complexity index is 902. The number of amides is 1. The molecule has 0 spiro atoms. The molecule has 2 aromatic heterocycles. The van der Waals surface area contributed by atoms with Crippen molar-refractivity contribution >= 4 is 34.8 Å². The van der Waals surface area contributed by atoms with Gasteiger partial charge in [0.05, 0.1) is 18.4 Å². The molecule has 6 nitrogen and oxygen atoms in total. The maximum absolute atomic E-state index is 12.2. The number of hydrogen-bond acceptors (Lipinski definition) is 4. The summed E-state index contributed by atoms with van der Waals surface area (Å²) in [5.41, 5.74) is 1.67. The number of carbonyl (C=O) groups is 1. The highest BCUT2D eigenvalue weighted by Gasteiger charge is 2.15. The van der Waals surface area contributed by atoms with Crippen LogP contribution in [0.25, 0.3) is 0 Å². The zero-order valence-corrected chi connectivity index (χ0v) is 15.2. The van der Waals surface area contributed by atoms with Gasteiger partial charge in [-0.05, 0) is 17.7 Å². The topological polar surface area (TPSA) is 73.0 Å². The molecule has 0 radical (unpaired) electrons. The second-order valence-corrected chi connectivity index (χ2v) is 6.73. The minimum absolute atomic E-state index is 0.168. The molecule has 25 heavy (non-hydrogen) atoms. The number of rotatable bonds is 5. The lowest BCUT2D eigenvalue weighted by Crippen LogP contribution is -2.11. The predicted molar refractivity (Wildman–Crippen MR) is 96.3 cm³/mol. The normalized spacial score (nSPS) is 11.1. The van der Waals surface area contributed by atoms with Crippen molar-refractivity contribution in [2.24, 2.45) is 0 Å². The number of aromatic nitrogens is 3. The smallest absolute Gasteiger partial charge is 0.277 e. The summed E-state index contributed by atoms with van der Waals surface area (Å²) in [5.74, 6) is 0.485. The van der Waals surface area contributed by atoms with E-state index in [4.69, 9.17) is 27.7 Å². The zero-order valence-electron chi connectivity index (χ0n) is 13.7. The summed E-state index contributed by atoms with van der Waals surface area (Å²) >= 11 is 12.1. The molecule has 130 valence electrons. The van der Waals surface area contributed by atoms with E-state index in [1.165, 1.54) is 0 Å². The first-order valence-corrected chi connectivity index (χ1v) is 8.42. The summed E-state index contributed by atoms with van der Waals surface area (Å²) in [5, 5.41) is 11.9. The first-order chi connectivity index (χ1) is 11.9. The van der Waals surface area contributed by atoms with Crippen molar-refractivity contribution < 1.29 is 9.32 Å². The Kier molecular flexibility index (Phi) is 5.11. The largest absolute Gasteiger partial charge is 0.360 e. The fourth-order valence-corrected chi connectivity index (χ4v) is 2.67. The van der Waals surface area contributed by atoms with Crippen molar-refractivity contribution in [1.29, 1.82) is 0 Å². The highest BCUT2D eigenvalue weighted by atomic mass is 35.5. The average Bonchev–Trinajstić information content (AvgIpc) is 3.19. The highest BCUT2D eigenvalue weighted by molar-refractivity contribution is 6.35. The van der Waals surface area contributed by atoms with E-state index in [0.717, 1.165) is 5.56 Å². The number of carbonyl (C=O) groups excluding carboxylic acids is 1. The third-order valence-corrected chi connectivity index (χ3v) is 4.16. The SMILES string of the molecule is CC(C)c1cc(C(=O)Nc2cnn(Cc3ccc(Cl)cc3Cl)c2)no1. The van der Waals surface area contributed by atoms with Gasteiger partial charge in [0.15, 0.2) is 5.69 Å².